The van der Waals surface area contributed by atoms with E-state index in [1.807, 2.05) is 0 Å². The van der Waals surface area contributed by atoms with Gasteiger partial charge >= 0.3 is 6.03 Å². The van der Waals surface area contributed by atoms with Crippen molar-refractivity contribution in [1.82, 2.24) is 15.2 Å². The molecule has 7 heteroatoms. The Morgan fingerprint density at radius 3 is 2.52 bits per heavy atom. The van der Waals surface area contributed by atoms with Crippen molar-refractivity contribution >= 4 is 12.2 Å². The molecule has 0 unspecified atom stereocenters. The predicted molar refractivity (Wildman–Crippen MR) is 73.9 cm³/mol. The molecule has 1 aromatic rings. The SMILES string of the molecule is O=C(N1CCNCC1)N1N=CC[C@H]1c1cc(F)cc(F)c1. The first-order chi connectivity index (χ1) is 10.1. The van der Waals surface area contributed by atoms with Crippen molar-refractivity contribution in [2.45, 2.75) is 12.5 Å². The predicted octanol–water partition coefficient (Wildman–Crippen LogP) is 1.72. The fraction of sp³-hybridized carbons (Fsp3) is 0.429. The van der Waals surface area contributed by atoms with Crippen molar-refractivity contribution in [3.05, 3.63) is 35.4 Å². The van der Waals surface area contributed by atoms with Crippen LogP contribution < -0.4 is 5.32 Å². The number of carbonyl (C=O) groups is 1. The second-order valence-electron chi connectivity index (χ2n) is 5.12. The van der Waals surface area contributed by atoms with Crippen LogP contribution in [0.3, 0.4) is 0 Å². The van der Waals surface area contributed by atoms with Gasteiger partial charge in [-0.1, -0.05) is 0 Å². The Morgan fingerprint density at radius 2 is 1.86 bits per heavy atom. The van der Waals surface area contributed by atoms with Gasteiger partial charge in [-0.05, 0) is 17.7 Å². The van der Waals surface area contributed by atoms with Gasteiger partial charge in [0.05, 0.1) is 6.04 Å². The number of hydrogen-bond acceptors (Lipinski definition) is 3. The van der Waals surface area contributed by atoms with Crippen molar-refractivity contribution in [3.8, 4) is 0 Å². The maximum Gasteiger partial charge on any atom is 0.341 e. The maximum absolute atomic E-state index is 13.4. The molecule has 0 bridgehead atoms. The van der Waals surface area contributed by atoms with E-state index in [-0.39, 0.29) is 6.03 Å². The van der Waals surface area contributed by atoms with Crippen molar-refractivity contribution < 1.29 is 13.6 Å². The lowest BCUT2D eigenvalue weighted by molar-refractivity contribution is 0.136. The number of hydrogen-bond donors (Lipinski definition) is 1. The molecule has 0 saturated carbocycles. The van der Waals surface area contributed by atoms with Crippen LogP contribution in [-0.4, -0.2) is 48.3 Å². The van der Waals surface area contributed by atoms with E-state index in [4.69, 9.17) is 0 Å². The minimum atomic E-state index is -0.647. The van der Waals surface area contributed by atoms with Gasteiger partial charge in [-0.2, -0.15) is 5.10 Å². The van der Waals surface area contributed by atoms with Crippen LogP contribution in [0.25, 0.3) is 0 Å². The van der Waals surface area contributed by atoms with Gasteiger partial charge in [-0.3, -0.25) is 0 Å². The molecule has 5 nitrogen and oxygen atoms in total. The van der Waals surface area contributed by atoms with Crippen LogP contribution in [0.5, 0.6) is 0 Å². The standard InChI is InChI=1S/C14H16F2N4O/c15-11-7-10(8-12(16)9-11)13-1-2-18-20(13)14(21)19-5-3-17-4-6-19/h2,7-9,13,17H,1,3-6H2/t13-/m0/s1. The van der Waals surface area contributed by atoms with E-state index < -0.39 is 17.7 Å². The molecule has 1 aromatic carbocycles. The molecule has 21 heavy (non-hydrogen) atoms. The summed E-state index contributed by atoms with van der Waals surface area (Å²) < 4.78 is 26.7. The Balaban J connectivity index is 1.81. The average Bonchev–Trinajstić information content (AvgIpc) is 2.96. The monoisotopic (exact) mass is 294 g/mol. The molecule has 0 aliphatic carbocycles. The minimum absolute atomic E-state index is 0.222. The number of hydrazone groups is 1. The summed E-state index contributed by atoms with van der Waals surface area (Å²) in [7, 11) is 0. The highest BCUT2D eigenvalue weighted by Crippen LogP contribution is 2.30. The molecule has 3 rings (SSSR count). The van der Waals surface area contributed by atoms with Crippen molar-refractivity contribution in [2.75, 3.05) is 26.2 Å². The molecule has 2 aliphatic heterocycles. The van der Waals surface area contributed by atoms with E-state index in [0.29, 0.717) is 25.1 Å². The molecule has 0 aromatic heterocycles. The summed E-state index contributed by atoms with van der Waals surface area (Å²) in [4.78, 5) is 14.2. The Labute approximate surface area is 121 Å². The van der Waals surface area contributed by atoms with E-state index in [9.17, 15) is 13.6 Å². The third-order valence-corrected chi connectivity index (χ3v) is 3.68. The molecular formula is C14H16F2N4O. The normalized spacial score (nSPS) is 21.9. The summed E-state index contributed by atoms with van der Waals surface area (Å²) in [6.07, 6.45) is 2.06. The van der Waals surface area contributed by atoms with Gasteiger partial charge < -0.3 is 10.2 Å². The van der Waals surface area contributed by atoms with Gasteiger partial charge in [0.25, 0.3) is 0 Å². The number of rotatable bonds is 1. The van der Waals surface area contributed by atoms with Crippen LogP contribution in [0.15, 0.2) is 23.3 Å². The maximum atomic E-state index is 13.4. The molecule has 0 radical (unpaired) electrons. The third-order valence-electron chi connectivity index (χ3n) is 3.68. The number of halogens is 2. The zero-order valence-electron chi connectivity index (χ0n) is 11.4. The second-order valence-corrected chi connectivity index (χ2v) is 5.12. The first-order valence-corrected chi connectivity index (χ1v) is 6.92. The number of piperazine rings is 1. The van der Waals surface area contributed by atoms with Crippen LogP contribution in [0.4, 0.5) is 13.6 Å². The van der Waals surface area contributed by atoms with E-state index in [2.05, 4.69) is 10.4 Å². The number of nitrogens with zero attached hydrogens (tertiary/aromatic N) is 3. The fourth-order valence-corrected chi connectivity index (χ4v) is 2.64. The molecule has 1 N–H and O–H groups in total. The first kappa shape index (κ1) is 13.9. The van der Waals surface area contributed by atoms with E-state index in [0.717, 1.165) is 19.2 Å². The van der Waals surface area contributed by atoms with Crippen LogP contribution >= 0.6 is 0 Å². The molecule has 2 heterocycles. The van der Waals surface area contributed by atoms with Gasteiger partial charge in [0, 0.05) is 44.9 Å². The van der Waals surface area contributed by atoms with Crippen molar-refractivity contribution in [2.24, 2.45) is 5.10 Å². The smallest absolute Gasteiger partial charge is 0.321 e. The molecule has 112 valence electrons. The molecule has 1 fully saturated rings. The Morgan fingerprint density at radius 1 is 1.19 bits per heavy atom. The van der Waals surface area contributed by atoms with E-state index in [1.54, 1.807) is 11.1 Å². The number of carbonyl (C=O) groups excluding carboxylic acids is 1. The highest BCUT2D eigenvalue weighted by Gasteiger charge is 2.32. The highest BCUT2D eigenvalue weighted by atomic mass is 19.1. The summed E-state index contributed by atoms with van der Waals surface area (Å²) in [5.41, 5.74) is 0.425. The summed E-state index contributed by atoms with van der Waals surface area (Å²) in [6.45, 7) is 2.69. The van der Waals surface area contributed by atoms with Gasteiger partial charge in [-0.25, -0.2) is 18.6 Å². The Bertz CT molecular complexity index is 552. The van der Waals surface area contributed by atoms with Gasteiger partial charge in [-0.15, -0.1) is 0 Å². The third kappa shape index (κ3) is 2.87. The quantitative estimate of drug-likeness (QED) is 0.857. The minimum Gasteiger partial charge on any atom is -0.321 e. The topological polar surface area (TPSA) is 47.9 Å². The Kier molecular flexibility index (Phi) is 3.83. The summed E-state index contributed by atoms with van der Waals surface area (Å²) >= 11 is 0. The molecule has 0 spiro atoms. The number of benzene rings is 1. The lowest BCUT2D eigenvalue weighted by Gasteiger charge is -2.32. The van der Waals surface area contributed by atoms with Gasteiger partial charge in [0.2, 0.25) is 0 Å². The van der Waals surface area contributed by atoms with Gasteiger partial charge in [0.15, 0.2) is 0 Å². The summed E-state index contributed by atoms with van der Waals surface area (Å²) in [5, 5.41) is 8.57. The zero-order valence-corrected chi connectivity index (χ0v) is 11.4. The molecule has 2 amide bonds. The summed E-state index contributed by atoms with van der Waals surface area (Å²) in [6, 6.07) is 2.65. The fourth-order valence-electron chi connectivity index (χ4n) is 2.64. The summed E-state index contributed by atoms with van der Waals surface area (Å²) in [5.74, 6) is -1.29. The molecule has 2 aliphatic rings. The first-order valence-electron chi connectivity index (χ1n) is 6.92. The van der Waals surface area contributed by atoms with Crippen LogP contribution in [0.1, 0.15) is 18.0 Å². The largest absolute Gasteiger partial charge is 0.341 e. The van der Waals surface area contributed by atoms with Crippen LogP contribution in [-0.2, 0) is 0 Å². The lowest BCUT2D eigenvalue weighted by atomic mass is 10.0. The van der Waals surface area contributed by atoms with E-state index >= 15 is 0 Å². The van der Waals surface area contributed by atoms with Gasteiger partial charge in [0.1, 0.15) is 11.6 Å². The highest BCUT2D eigenvalue weighted by molar-refractivity contribution is 5.78. The van der Waals surface area contributed by atoms with Crippen molar-refractivity contribution in [1.29, 1.82) is 0 Å². The second kappa shape index (κ2) is 5.77. The lowest BCUT2D eigenvalue weighted by Crippen LogP contribution is -2.50. The van der Waals surface area contributed by atoms with E-state index in [1.165, 1.54) is 17.1 Å². The molecule has 1 saturated heterocycles. The number of amides is 2. The number of urea groups is 1. The zero-order chi connectivity index (χ0) is 14.8. The van der Waals surface area contributed by atoms with Crippen LogP contribution in [0.2, 0.25) is 0 Å². The number of nitrogens with one attached hydrogen (secondary N) is 1. The molecule has 1 atom stereocenters. The Hall–Kier alpha value is -2.02. The molecular weight excluding hydrogens is 278 g/mol. The van der Waals surface area contributed by atoms with Crippen LogP contribution in [0, 0.1) is 11.6 Å². The van der Waals surface area contributed by atoms with Crippen molar-refractivity contribution in [3.63, 3.8) is 0 Å². The average molecular weight is 294 g/mol.